The van der Waals surface area contributed by atoms with Crippen LogP contribution in [0.2, 0.25) is 0 Å². The van der Waals surface area contributed by atoms with Crippen molar-refractivity contribution in [2.75, 3.05) is 20.1 Å². The molecule has 1 heterocycles. The van der Waals surface area contributed by atoms with Crippen LogP contribution >= 0.6 is 0 Å². The molecule has 1 aromatic rings. The van der Waals surface area contributed by atoms with E-state index in [4.69, 9.17) is 0 Å². The van der Waals surface area contributed by atoms with Gasteiger partial charge in [-0.2, -0.15) is 0 Å². The molecular weight excluding hydrogens is 244 g/mol. The second kappa shape index (κ2) is 7.80. The summed E-state index contributed by atoms with van der Waals surface area (Å²) in [7, 11) is 2.09. The Labute approximate surface area is 124 Å². The van der Waals surface area contributed by atoms with Gasteiger partial charge in [-0.15, -0.1) is 0 Å². The van der Waals surface area contributed by atoms with Gasteiger partial charge in [-0.1, -0.05) is 37.1 Å². The van der Waals surface area contributed by atoms with Gasteiger partial charge in [0.25, 0.3) is 0 Å². The number of nitrogens with zero attached hydrogens (tertiary/aromatic N) is 1. The van der Waals surface area contributed by atoms with Gasteiger partial charge in [0.15, 0.2) is 0 Å². The van der Waals surface area contributed by atoms with E-state index < -0.39 is 0 Å². The molecule has 1 aliphatic heterocycles. The average Bonchev–Trinajstić information content (AvgIpc) is 2.66. The minimum absolute atomic E-state index is 0.478. The molecule has 0 aliphatic carbocycles. The van der Waals surface area contributed by atoms with Gasteiger partial charge in [0.2, 0.25) is 0 Å². The van der Waals surface area contributed by atoms with Crippen LogP contribution in [0.4, 0.5) is 0 Å². The predicted octanol–water partition coefficient (Wildman–Crippen LogP) is 3.91. The van der Waals surface area contributed by atoms with Gasteiger partial charge in [0, 0.05) is 18.6 Å². The van der Waals surface area contributed by atoms with Crippen LogP contribution in [0.5, 0.6) is 0 Å². The Morgan fingerprint density at radius 2 is 2.05 bits per heavy atom. The highest BCUT2D eigenvalue weighted by Crippen LogP contribution is 2.23. The number of likely N-dealkylation sites (tertiary alicyclic amines) is 1. The summed E-state index contributed by atoms with van der Waals surface area (Å²) < 4.78 is 0. The van der Waals surface area contributed by atoms with E-state index in [1.165, 1.54) is 56.3 Å². The zero-order valence-corrected chi connectivity index (χ0v) is 13.4. The Balaban J connectivity index is 1.95. The van der Waals surface area contributed by atoms with Crippen LogP contribution in [0.3, 0.4) is 0 Å². The zero-order valence-electron chi connectivity index (χ0n) is 13.4. The third-order valence-electron chi connectivity index (χ3n) is 4.81. The van der Waals surface area contributed by atoms with Crippen molar-refractivity contribution in [2.24, 2.45) is 0 Å². The van der Waals surface area contributed by atoms with Crippen LogP contribution < -0.4 is 5.32 Å². The summed E-state index contributed by atoms with van der Waals surface area (Å²) in [4.78, 5) is 2.69. The third kappa shape index (κ3) is 4.07. The lowest BCUT2D eigenvalue weighted by Gasteiger charge is -2.29. The standard InChI is InChI=1S/C18H30N2/c1-15-9-6-7-11-17(15)18(19-3)12-14-20-13-8-4-5-10-16(20)2/h6-7,9,11,16,18-19H,4-5,8,10,12-14H2,1-3H3. The Morgan fingerprint density at radius 1 is 1.25 bits per heavy atom. The van der Waals surface area contributed by atoms with Crippen molar-refractivity contribution in [1.82, 2.24) is 10.2 Å². The zero-order chi connectivity index (χ0) is 14.4. The predicted molar refractivity (Wildman–Crippen MR) is 87.1 cm³/mol. The fraction of sp³-hybridized carbons (Fsp3) is 0.667. The molecule has 0 radical (unpaired) electrons. The van der Waals surface area contributed by atoms with Crippen molar-refractivity contribution in [3.05, 3.63) is 35.4 Å². The van der Waals surface area contributed by atoms with E-state index in [-0.39, 0.29) is 0 Å². The van der Waals surface area contributed by atoms with Gasteiger partial charge in [-0.05, 0) is 57.8 Å². The summed E-state index contributed by atoms with van der Waals surface area (Å²) in [5.74, 6) is 0. The maximum absolute atomic E-state index is 3.50. The first-order valence-corrected chi connectivity index (χ1v) is 8.19. The van der Waals surface area contributed by atoms with Crippen molar-refractivity contribution in [3.8, 4) is 0 Å². The molecule has 1 saturated heterocycles. The van der Waals surface area contributed by atoms with Crippen LogP contribution in [0.15, 0.2) is 24.3 Å². The highest BCUT2D eigenvalue weighted by atomic mass is 15.1. The molecular formula is C18H30N2. The molecule has 2 nitrogen and oxygen atoms in total. The van der Waals surface area contributed by atoms with Gasteiger partial charge in [-0.3, -0.25) is 0 Å². The second-order valence-corrected chi connectivity index (χ2v) is 6.22. The highest BCUT2D eigenvalue weighted by Gasteiger charge is 2.19. The topological polar surface area (TPSA) is 15.3 Å². The molecule has 2 rings (SSSR count). The van der Waals surface area contributed by atoms with Gasteiger partial charge < -0.3 is 10.2 Å². The van der Waals surface area contributed by atoms with Gasteiger partial charge in [-0.25, -0.2) is 0 Å². The number of hydrogen-bond acceptors (Lipinski definition) is 2. The average molecular weight is 274 g/mol. The van der Waals surface area contributed by atoms with Crippen molar-refractivity contribution in [3.63, 3.8) is 0 Å². The summed E-state index contributed by atoms with van der Waals surface area (Å²) in [5, 5.41) is 3.50. The van der Waals surface area contributed by atoms with Crippen LogP contribution in [-0.4, -0.2) is 31.1 Å². The van der Waals surface area contributed by atoms with E-state index in [1.54, 1.807) is 0 Å². The van der Waals surface area contributed by atoms with Crippen LogP contribution in [-0.2, 0) is 0 Å². The van der Waals surface area contributed by atoms with Gasteiger partial charge in [0.1, 0.15) is 0 Å². The summed E-state index contributed by atoms with van der Waals surface area (Å²) >= 11 is 0. The molecule has 0 aromatic heterocycles. The number of rotatable bonds is 5. The Bertz CT molecular complexity index is 402. The summed E-state index contributed by atoms with van der Waals surface area (Å²) in [6.07, 6.45) is 6.76. The first kappa shape index (κ1) is 15.5. The molecule has 1 N–H and O–H groups in total. The first-order valence-electron chi connectivity index (χ1n) is 8.19. The van der Waals surface area contributed by atoms with E-state index in [1.807, 2.05) is 0 Å². The lowest BCUT2D eigenvalue weighted by Crippen LogP contribution is -2.35. The highest BCUT2D eigenvalue weighted by molar-refractivity contribution is 5.28. The molecule has 20 heavy (non-hydrogen) atoms. The molecule has 1 aromatic carbocycles. The van der Waals surface area contributed by atoms with Crippen molar-refractivity contribution in [1.29, 1.82) is 0 Å². The maximum atomic E-state index is 3.50. The third-order valence-corrected chi connectivity index (χ3v) is 4.81. The molecule has 0 saturated carbocycles. The number of hydrogen-bond donors (Lipinski definition) is 1. The quantitative estimate of drug-likeness (QED) is 0.875. The summed E-state index contributed by atoms with van der Waals surface area (Å²) in [5.41, 5.74) is 2.85. The smallest absolute Gasteiger partial charge is 0.0332 e. The van der Waals surface area contributed by atoms with E-state index in [9.17, 15) is 0 Å². The van der Waals surface area contributed by atoms with Crippen LogP contribution in [0.25, 0.3) is 0 Å². The van der Waals surface area contributed by atoms with Crippen molar-refractivity contribution < 1.29 is 0 Å². The summed E-state index contributed by atoms with van der Waals surface area (Å²) in [6.45, 7) is 7.11. The lowest BCUT2D eigenvalue weighted by atomic mass is 9.98. The molecule has 2 atom stereocenters. The van der Waals surface area contributed by atoms with E-state index in [0.717, 1.165) is 6.04 Å². The first-order chi connectivity index (χ1) is 9.72. The van der Waals surface area contributed by atoms with Gasteiger partial charge in [0.05, 0.1) is 0 Å². The Kier molecular flexibility index (Phi) is 6.06. The van der Waals surface area contributed by atoms with Crippen LogP contribution in [0, 0.1) is 6.92 Å². The molecule has 112 valence electrons. The van der Waals surface area contributed by atoms with Crippen molar-refractivity contribution >= 4 is 0 Å². The Morgan fingerprint density at radius 3 is 2.80 bits per heavy atom. The molecule has 1 fully saturated rings. The number of nitrogens with one attached hydrogen (secondary N) is 1. The minimum Gasteiger partial charge on any atom is -0.313 e. The van der Waals surface area contributed by atoms with Crippen molar-refractivity contribution in [2.45, 2.75) is 58.0 Å². The molecule has 1 aliphatic rings. The van der Waals surface area contributed by atoms with E-state index >= 15 is 0 Å². The second-order valence-electron chi connectivity index (χ2n) is 6.22. The Hall–Kier alpha value is -0.860. The SMILES string of the molecule is CNC(CCN1CCCCCC1C)c1ccccc1C. The fourth-order valence-corrected chi connectivity index (χ4v) is 3.39. The van der Waals surface area contributed by atoms with Crippen LogP contribution in [0.1, 0.15) is 56.2 Å². The number of benzene rings is 1. The lowest BCUT2D eigenvalue weighted by molar-refractivity contribution is 0.203. The monoisotopic (exact) mass is 274 g/mol. The number of aryl methyl sites for hydroxylation is 1. The molecule has 0 bridgehead atoms. The molecule has 0 amide bonds. The maximum Gasteiger partial charge on any atom is 0.0332 e. The van der Waals surface area contributed by atoms with Gasteiger partial charge >= 0.3 is 0 Å². The normalized spacial score (nSPS) is 22.4. The van der Waals surface area contributed by atoms with E-state index in [0.29, 0.717) is 6.04 Å². The molecule has 0 spiro atoms. The molecule has 2 unspecified atom stereocenters. The fourth-order valence-electron chi connectivity index (χ4n) is 3.39. The van der Waals surface area contributed by atoms with E-state index in [2.05, 4.69) is 55.4 Å². The largest absolute Gasteiger partial charge is 0.313 e. The summed E-state index contributed by atoms with van der Waals surface area (Å²) in [6, 6.07) is 10.00. The minimum atomic E-state index is 0.478. The molecule has 2 heteroatoms.